The highest BCUT2D eigenvalue weighted by atomic mass is 16.5. The molecule has 1 heterocycles. The standard InChI is InChI=1S/C12H19N3O2/c1-9(2)8-15-10(7-13)6-11(14)12(15)17-5-4-16-3/h6,9H,4-5,8,14H2,1-3H3. The van der Waals surface area contributed by atoms with Gasteiger partial charge in [-0.2, -0.15) is 5.26 Å². The number of nitriles is 1. The number of nitrogen functional groups attached to an aromatic ring is 1. The number of anilines is 1. The number of hydrogen-bond acceptors (Lipinski definition) is 4. The molecule has 94 valence electrons. The van der Waals surface area contributed by atoms with Crippen LogP contribution in [0.25, 0.3) is 0 Å². The molecule has 0 fully saturated rings. The third-order valence-electron chi connectivity index (χ3n) is 2.26. The monoisotopic (exact) mass is 237 g/mol. The minimum atomic E-state index is 0.415. The fourth-order valence-corrected chi connectivity index (χ4v) is 1.57. The van der Waals surface area contributed by atoms with Gasteiger partial charge in [-0.3, -0.25) is 0 Å². The van der Waals surface area contributed by atoms with Crippen LogP contribution < -0.4 is 10.5 Å². The summed E-state index contributed by atoms with van der Waals surface area (Å²) < 4.78 is 12.3. The quantitative estimate of drug-likeness (QED) is 0.763. The van der Waals surface area contributed by atoms with Gasteiger partial charge >= 0.3 is 0 Å². The third kappa shape index (κ3) is 3.40. The Labute approximate surface area is 102 Å². The molecule has 0 aliphatic rings. The molecule has 5 heteroatoms. The second-order valence-electron chi connectivity index (χ2n) is 4.25. The highest BCUT2D eigenvalue weighted by Crippen LogP contribution is 2.27. The van der Waals surface area contributed by atoms with Gasteiger partial charge in [0.15, 0.2) is 0 Å². The SMILES string of the molecule is COCCOc1c(N)cc(C#N)n1CC(C)C. The Morgan fingerprint density at radius 2 is 2.18 bits per heavy atom. The highest BCUT2D eigenvalue weighted by molar-refractivity contribution is 5.55. The smallest absolute Gasteiger partial charge is 0.218 e. The number of aromatic nitrogens is 1. The first kappa shape index (κ1) is 13.4. The summed E-state index contributed by atoms with van der Waals surface area (Å²) in [5.74, 6) is 0.978. The fourth-order valence-electron chi connectivity index (χ4n) is 1.57. The van der Waals surface area contributed by atoms with Gasteiger partial charge in [0.25, 0.3) is 0 Å². The van der Waals surface area contributed by atoms with Gasteiger partial charge in [-0.15, -0.1) is 0 Å². The summed E-state index contributed by atoms with van der Waals surface area (Å²) in [6.07, 6.45) is 0. The van der Waals surface area contributed by atoms with Crippen LogP contribution in [0.2, 0.25) is 0 Å². The molecule has 0 amide bonds. The van der Waals surface area contributed by atoms with Crippen LogP contribution in [0.1, 0.15) is 19.5 Å². The van der Waals surface area contributed by atoms with Crippen molar-refractivity contribution >= 4 is 5.69 Å². The molecule has 0 aromatic carbocycles. The Morgan fingerprint density at radius 1 is 1.47 bits per heavy atom. The minimum Gasteiger partial charge on any atom is -0.475 e. The van der Waals surface area contributed by atoms with Crippen molar-refractivity contribution in [2.75, 3.05) is 26.1 Å². The molecule has 1 aromatic heterocycles. The lowest BCUT2D eigenvalue weighted by atomic mass is 10.2. The first-order valence-electron chi connectivity index (χ1n) is 5.61. The molecule has 5 nitrogen and oxygen atoms in total. The Hall–Kier alpha value is -1.67. The van der Waals surface area contributed by atoms with Gasteiger partial charge in [-0.05, 0) is 5.92 Å². The predicted octanol–water partition coefficient (Wildman–Crippen LogP) is 1.62. The average Bonchev–Trinajstić information content (AvgIpc) is 2.56. The van der Waals surface area contributed by atoms with Crippen LogP contribution in [-0.4, -0.2) is 24.9 Å². The van der Waals surface area contributed by atoms with Crippen molar-refractivity contribution in [3.63, 3.8) is 0 Å². The molecular weight excluding hydrogens is 218 g/mol. The molecule has 0 saturated carbocycles. The van der Waals surface area contributed by atoms with E-state index in [0.29, 0.717) is 42.9 Å². The molecule has 0 bridgehead atoms. The summed E-state index contributed by atoms with van der Waals surface area (Å²) >= 11 is 0. The van der Waals surface area contributed by atoms with Crippen LogP contribution in [0.5, 0.6) is 5.88 Å². The average molecular weight is 237 g/mol. The summed E-state index contributed by atoms with van der Waals surface area (Å²) in [5, 5.41) is 9.03. The van der Waals surface area contributed by atoms with Crippen molar-refractivity contribution in [3.8, 4) is 11.9 Å². The molecule has 0 atom stereocenters. The Bertz CT molecular complexity index is 405. The number of nitrogens with zero attached hydrogens (tertiary/aromatic N) is 2. The third-order valence-corrected chi connectivity index (χ3v) is 2.26. The topological polar surface area (TPSA) is 73.2 Å². The van der Waals surface area contributed by atoms with E-state index in [1.165, 1.54) is 0 Å². The van der Waals surface area contributed by atoms with E-state index in [9.17, 15) is 0 Å². The van der Waals surface area contributed by atoms with Crippen LogP contribution in [0.4, 0.5) is 5.69 Å². The van der Waals surface area contributed by atoms with Crippen molar-refractivity contribution in [2.45, 2.75) is 20.4 Å². The van der Waals surface area contributed by atoms with Crippen LogP contribution in [0.15, 0.2) is 6.07 Å². The van der Waals surface area contributed by atoms with Gasteiger partial charge in [0.1, 0.15) is 18.4 Å². The summed E-state index contributed by atoms with van der Waals surface area (Å²) in [4.78, 5) is 0. The normalized spacial score (nSPS) is 10.5. The Morgan fingerprint density at radius 3 is 2.71 bits per heavy atom. The van der Waals surface area contributed by atoms with Crippen molar-refractivity contribution in [3.05, 3.63) is 11.8 Å². The molecule has 17 heavy (non-hydrogen) atoms. The molecule has 1 rings (SSSR count). The lowest BCUT2D eigenvalue weighted by Gasteiger charge is -2.14. The van der Waals surface area contributed by atoms with Crippen molar-refractivity contribution in [2.24, 2.45) is 5.92 Å². The number of ether oxygens (including phenoxy) is 2. The van der Waals surface area contributed by atoms with E-state index < -0.39 is 0 Å². The maximum atomic E-state index is 9.03. The Balaban J connectivity index is 2.92. The van der Waals surface area contributed by atoms with Gasteiger partial charge in [-0.1, -0.05) is 13.8 Å². The maximum Gasteiger partial charge on any atom is 0.218 e. The second kappa shape index (κ2) is 6.16. The van der Waals surface area contributed by atoms with Crippen LogP contribution in [0, 0.1) is 17.2 Å². The first-order chi connectivity index (χ1) is 8.10. The number of nitrogens with two attached hydrogens (primary N) is 1. The summed E-state index contributed by atoms with van der Waals surface area (Å²) in [5.41, 5.74) is 6.87. The zero-order chi connectivity index (χ0) is 12.8. The summed E-state index contributed by atoms with van der Waals surface area (Å²) in [7, 11) is 1.61. The molecular formula is C12H19N3O2. The lowest BCUT2D eigenvalue weighted by Crippen LogP contribution is -2.12. The van der Waals surface area contributed by atoms with Crippen LogP contribution >= 0.6 is 0 Å². The van der Waals surface area contributed by atoms with Gasteiger partial charge in [-0.25, -0.2) is 0 Å². The van der Waals surface area contributed by atoms with Crippen LogP contribution in [0.3, 0.4) is 0 Å². The van der Waals surface area contributed by atoms with Crippen molar-refractivity contribution < 1.29 is 9.47 Å². The fraction of sp³-hybridized carbons (Fsp3) is 0.583. The lowest BCUT2D eigenvalue weighted by molar-refractivity contribution is 0.141. The molecule has 0 aliphatic heterocycles. The van der Waals surface area contributed by atoms with E-state index >= 15 is 0 Å². The summed E-state index contributed by atoms with van der Waals surface area (Å²) in [6.45, 7) is 5.79. The van der Waals surface area contributed by atoms with E-state index in [-0.39, 0.29) is 0 Å². The van der Waals surface area contributed by atoms with Gasteiger partial charge < -0.3 is 19.8 Å². The molecule has 2 N–H and O–H groups in total. The van der Waals surface area contributed by atoms with E-state index in [2.05, 4.69) is 19.9 Å². The molecule has 0 unspecified atom stereocenters. The first-order valence-corrected chi connectivity index (χ1v) is 5.61. The maximum absolute atomic E-state index is 9.03. The van der Waals surface area contributed by atoms with E-state index in [4.69, 9.17) is 20.5 Å². The van der Waals surface area contributed by atoms with Crippen LogP contribution in [-0.2, 0) is 11.3 Å². The highest BCUT2D eigenvalue weighted by Gasteiger charge is 2.15. The largest absolute Gasteiger partial charge is 0.475 e. The number of hydrogen-bond donors (Lipinski definition) is 1. The number of methoxy groups -OCH3 is 1. The second-order valence-corrected chi connectivity index (χ2v) is 4.25. The van der Waals surface area contributed by atoms with E-state index in [0.717, 1.165) is 0 Å². The molecule has 0 saturated heterocycles. The number of rotatable bonds is 6. The van der Waals surface area contributed by atoms with E-state index in [1.54, 1.807) is 13.2 Å². The van der Waals surface area contributed by atoms with Gasteiger partial charge in [0.05, 0.1) is 12.3 Å². The van der Waals surface area contributed by atoms with Gasteiger partial charge in [0.2, 0.25) is 5.88 Å². The van der Waals surface area contributed by atoms with E-state index in [1.807, 2.05) is 4.57 Å². The van der Waals surface area contributed by atoms with Gasteiger partial charge in [0, 0.05) is 19.7 Å². The minimum absolute atomic E-state index is 0.415. The Kier molecular flexibility index (Phi) is 4.85. The molecule has 0 radical (unpaired) electrons. The molecule has 0 aliphatic carbocycles. The van der Waals surface area contributed by atoms with Crippen molar-refractivity contribution in [1.82, 2.24) is 4.57 Å². The van der Waals surface area contributed by atoms with Crippen molar-refractivity contribution in [1.29, 1.82) is 5.26 Å². The molecule has 1 aromatic rings. The molecule has 0 spiro atoms. The predicted molar refractivity (Wildman–Crippen MR) is 65.8 cm³/mol. The zero-order valence-electron chi connectivity index (χ0n) is 10.6. The zero-order valence-corrected chi connectivity index (χ0v) is 10.6. The summed E-state index contributed by atoms with van der Waals surface area (Å²) in [6, 6.07) is 3.77.